The Balaban J connectivity index is 0.00000320. The van der Waals surface area contributed by atoms with E-state index in [1.54, 1.807) is 0 Å². The number of guanidine groups is 1. The van der Waals surface area contributed by atoms with Crippen molar-refractivity contribution < 1.29 is 17.9 Å². The average Bonchev–Trinajstić information content (AvgIpc) is 3.17. The molecule has 164 valence electrons. The number of nitrogens with one attached hydrogen (secondary N) is 2. The number of aliphatic imine (C=N–C) groups is 1. The van der Waals surface area contributed by atoms with Crippen molar-refractivity contribution in [3.8, 4) is 11.5 Å². The van der Waals surface area contributed by atoms with E-state index in [2.05, 4.69) is 15.6 Å². The molecule has 9 heteroatoms. The highest BCUT2D eigenvalue weighted by atomic mass is 127. The van der Waals surface area contributed by atoms with Crippen LogP contribution in [0.5, 0.6) is 11.5 Å². The molecule has 0 unspecified atom stereocenters. The van der Waals surface area contributed by atoms with Crippen LogP contribution in [-0.4, -0.2) is 40.0 Å². The van der Waals surface area contributed by atoms with Gasteiger partial charge in [-0.2, -0.15) is 0 Å². The van der Waals surface area contributed by atoms with E-state index >= 15 is 0 Å². The summed E-state index contributed by atoms with van der Waals surface area (Å²) in [5.74, 6) is 2.35. The Morgan fingerprint density at radius 3 is 2.57 bits per heavy atom. The van der Waals surface area contributed by atoms with Gasteiger partial charge >= 0.3 is 0 Å². The number of nitrogens with zero attached hydrogens (tertiary/aromatic N) is 1. The van der Waals surface area contributed by atoms with Gasteiger partial charge in [-0.05, 0) is 36.6 Å². The molecule has 0 aromatic heterocycles. The van der Waals surface area contributed by atoms with Crippen LogP contribution in [-0.2, 0) is 22.1 Å². The monoisotopic (exact) mass is 545 g/mol. The van der Waals surface area contributed by atoms with Crippen LogP contribution in [0.3, 0.4) is 0 Å². The average molecular weight is 545 g/mol. The first kappa shape index (κ1) is 24.3. The molecule has 7 nitrogen and oxygen atoms in total. The Bertz CT molecular complexity index is 937. The first-order chi connectivity index (χ1) is 14.1. The van der Waals surface area contributed by atoms with Gasteiger partial charge in [0.2, 0.25) is 6.79 Å². The minimum atomic E-state index is -3.13. The first-order valence-electron chi connectivity index (χ1n) is 9.71. The first-order valence-corrected chi connectivity index (χ1v) is 11.5. The number of rotatable bonds is 9. The smallest absolute Gasteiger partial charge is 0.231 e. The maximum atomic E-state index is 12.3. The quantitative estimate of drug-likeness (QED) is 0.218. The summed E-state index contributed by atoms with van der Waals surface area (Å²) in [5, 5.41) is 6.37. The summed E-state index contributed by atoms with van der Waals surface area (Å²) >= 11 is 0. The van der Waals surface area contributed by atoms with Crippen molar-refractivity contribution in [1.29, 1.82) is 0 Å². The summed E-state index contributed by atoms with van der Waals surface area (Å²) in [6.07, 6.45) is 0.517. The van der Waals surface area contributed by atoms with E-state index in [-0.39, 0.29) is 42.3 Å². The zero-order chi connectivity index (χ0) is 20.5. The predicted octanol–water partition coefficient (Wildman–Crippen LogP) is 3.09. The van der Waals surface area contributed by atoms with E-state index in [0.717, 1.165) is 29.2 Å². The Kier molecular flexibility index (Phi) is 9.70. The SMILES string of the molecule is CCNC(=NCc1ccc2c(c1)OCO2)NCCCS(=O)(=O)Cc1ccccc1.I. The number of halogens is 1. The molecule has 0 bridgehead atoms. The van der Waals surface area contributed by atoms with Crippen molar-refractivity contribution in [3.05, 3.63) is 59.7 Å². The van der Waals surface area contributed by atoms with Crippen molar-refractivity contribution in [2.75, 3.05) is 25.6 Å². The fourth-order valence-electron chi connectivity index (χ4n) is 2.95. The molecule has 0 saturated heterocycles. The van der Waals surface area contributed by atoms with Crippen LogP contribution < -0.4 is 20.1 Å². The van der Waals surface area contributed by atoms with Gasteiger partial charge < -0.3 is 20.1 Å². The van der Waals surface area contributed by atoms with Gasteiger partial charge in [0.25, 0.3) is 0 Å². The molecule has 2 aromatic carbocycles. The Hall–Kier alpha value is -2.01. The van der Waals surface area contributed by atoms with Crippen molar-refractivity contribution in [3.63, 3.8) is 0 Å². The summed E-state index contributed by atoms with van der Waals surface area (Å²) in [4.78, 5) is 4.56. The van der Waals surface area contributed by atoms with Gasteiger partial charge in [-0.15, -0.1) is 24.0 Å². The fraction of sp³-hybridized carbons (Fsp3) is 0.381. The third-order valence-electron chi connectivity index (χ3n) is 4.35. The lowest BCUT2D eigenvalue weighted by Crippen LogP contribution is -2.38. The summed E-state index contributed by atoms with van der Waals surface area (Å²) in [7, 11) is -3.13. The zero-order valence-corrected chi connectivity index (χ0v) is 20.1. The second-order valence-electron chi connectivity index (χ2n) is 6.74. The van der Waals surface area contributed by atoms with Gasteiger partial charge in [0.15, 0.2) is 27.3 Å². The highest BCUT2D eigenvalue weighted by Gasteiger charge is 2.13. The third-order valence-corrected chi connectivity index (χ3v) is 6.04. The molecule has 2 N–H and O–H groups in total. The number of ether oxygens (including phenoxy) is 2. The highest BCUT2D eigenvalue weighted by molar-refractivity contribution is 14.0. The van der Waals surface area contributed by atoms with Crippen LogP contribution in [0.25, 0.3) is 0 Å². The molecule has 0 saturated carbocycles. The number of hydrogen-bond acceptors (Lipinski definition) is 5. The molecule has 0 spiro atoms. The summed E-state index contributed by atoms with van der Waals surface area (Å²) in [5.41, 5.74) is 1.83. The molecule has 30 heavy (non-hydrogen) atoms. The third kappa shape index (κ3) is 7.67. The molecule has 1 aliphatic rings. The van der Waals surface area contributed by atoms with Crippen LogP contribution in [0, 0.1) is 0 Å². The molecule has 2 aromatic rings. The molecule has 1 heterocycles. The van der Waals surface area contributed by atoms with Crippen LogP contribution in [0.15, 0.2) is 53.5 Å². The maximum Gasteiger partial charge on any atom is 0.231 e. The van der Waals surface area contributed by atoms with Gasteiger partial charge in [0.1, 0.15) is 0 Å². The van der Waals surface area contributed by atoms with Crippen molar-refractivity contribution in [2.45, 2.75) is 25.6 Å². The minimum absolute atomic E-state index is 0. The van der Waals surface area contributed by atoms with Gasteiger partial charge in [0, 0.05) is 13.1 Å². The van der Waals surface area contributed by atoms with Gasteiger partial charge in [-0.1, -0.05) is 36.4 Å². The number of fused-ring (bicyclic) bond motifs is 1. The maximum absolute atomic E-state index is 12.3. The van der Waals surface area contributed by atoms with Gasteiger partial charge in [0.05, 0.1) is 18.1 Å². The lowest BCUT2D eigenvalue weighted by Gasteiger charge is -2.11. The van der Waals surface area contributed by atoms with Crippen LogP contribution >= 0.6 is 24.0 Å². The largest absolute Gasteiger partial charge is 0.454 e. The molecule has 0 amide bonds. The molecule has 0 atom stereocenters. The molecule has 0 radical (unpaired) electrons. The van der Waals surface area contributed by atoms with Crippen molar-refractivity contribution >= 4 is 39.8 Å². The van der Waals surface area contributed by atoms with E-state index in [1.807, 2.05) is 55.5 Å². The minimum Gasteiger partial charge on any atom is -0.454 e. The van der Waals surface area contributed by atoms with E-state index in [9.17, 15) is 8.42 Å². The topological polar surface area (TPSA) is 89.0 Å². The van der Waals surface area contributed by atoms with Crippen molar-refractivity contribution in [1.82, 2.24) is 10.6 Å². The van der Waals surface area contributed by atoms with Gasteiger partial charge in [-0.25, -0.2) is 13.4 Å². The second-order valence-corrected chi connectivity index (χ2v) is 8.92. The summed E-state index contributed by atoms with van der Waals surface area (Å²) in [6, 6.07) is 15.0. The lowest BCUT2D eigenvalue weighted by atomic mass is 10.2. The van der Waals surface area contributed by atoms with Gasteiger partial charge in [-0.3, -0.25) is 0 Å². The molecule has 1 aliphatic heterocycles. The number of hydrogen-bond donors (Lipinski definition) is 2. The highest BCUT2D eigenvalue weighted by Crippen LogP contribution is 2.32. The molecule has 3 rings (SSSR count). The number of benzene rings is 2. The van der Waals surface area contributed by atoms with Crippen LogP contribution in [0.4, 0.5) is 0 Å². The lowest BCUT2D eigenvalue weighted by molar-refractivity contribution is 0.174. The van der Waals surface area contributed by atoms with Crippen molar-refractivity contribution in [2.24, 2.45) is 4.99 Å². The zero-order valence-electron chi connectivity index (χ0n) is 17.0. The van der Waals surface area contributed by atoms with E-state index < -0.39 is 9.84 Å². The van der Waals surface area contributed by atoms with E-state index in [4.69, 9.17) is 9.47 Å². The number of sulfone groups is 1. The van der Waals surface area contributed by atoms with Crippen LogP contribution in [0.2, 0.25) is 0 Å². The van der Waals surface area contributed by atoms with E-state index in [1.165, 1.54) is 0 Å². The Labute approximate surface area is 195 Å². The molecular formula is C21H28IN3O4S. The Morgan fingerprint density at radius 1 is 1.03 bits per heavy atom. The molecular weight excluding hydrogens is 517 g/mol. The van der Waals surface area contributed by atoms with Crippen LogP contribution in [0.1, 0.15) is 24.5 Å². The fourth-order valence-corrected chi connectivity index (χ4v) is 4.38. The normalized spacial score (nSPS) is 12.9. The van der Waals surface area contributed by atoms with E-state index in [0.29, 0.717) is 25.5 Å². The Morgan fingerprint density at radius 2 is 1.80 bits per heavy atom. The predicted molar refractivity (Wildman–Crippen MR) is 129 cm³/mol. The molecule has 0 fully saturated rings. The summed E-state index contributed by atoms with van der Waals surface area (Å²) < 4.78 is 35.3. The second kappa shape index (κ2) is 12.0. The summed E-state index contributed by atoms with van der Waals surface area (Å²) in [6.45, 7) is 3.97. The standard InChI is InChI=1S/C21H27N3O4S.HI/c1-2-22-21(24-14-18-9-10-19-20(13-18)28-16-27-19)23-11-6-12-29(25,26)15-17-7-4-3-5-8-17;/h3-5,7-10,13H,2,6,11-12,14-16H2,1H3,(H2,22,23,24);1H. The molecule has 0 aliphatic carbocycles.